The summed E-state index contributed by atoms with van der Waals surface area (Å²) >= 11 is 0. The van der Waals surface area contributed by atoms with Crippen LogP contribution in [0.25, 0.3) is 0 Å². The predicted molar refractivity (Wildman–Crippen MR) is 148 cm³/mol. The van der Waals surface area contributed by atoms with Gasteiger partial charge in [-0.1, -0.05) is 72.8 Å². The molecule has 3 aromatic rings. The lowest BCUT2D eigenvalue weighted by molar-refractivity contribution is -0.144. The van der Waals surface area contributed by atoms with Gasteiger partial charge in [-0.05, 0) is 18.1 Å². The Labute approximate surface area is 234 Å². The second-order valence-corrected chi connectivity index (χ2v) is 9.92. The van der Waals surface area contributed by atoms with E-state index in [1.807, 2.05) is 48.5 Å². The number of para-hydroxylation sites is 1. The highest BCUT2D eigenvalue weighted by molar-refractivity contribution is 6.22. The SMILES string of the molecule is NC(=O)[C@@H](c1ccccc1)[C@@H](CCC(F)(F)F)C(=O)N[C@H]1N=C(c2ccccc2)c2cccc3c2N(CCN3)C1=O. The molecular formula is C30H28F3N5O3. The minimum Gasteiger partial charge on any atom is -0.382 e. The molecule has 11 heteroatoms. The van der Waals surface area contributed by atoms with Crippen molar-refractivity contribution in [3.8, 4) is 0 Å². The molecule has 0 saturated carbocycles. The van der Waals surface area contributed by atoms with Crippen molar-refractivity contribution in [1.29, 1.82) is 0 Å². The van der Waals surface area contributed by atoms with Gasteiger partial charge < -0.3 is 21.3 Å². The van der Waals surface area contributed by atoms with Gasteiger partial charge in [0, 0.05) is 30.6 Å². The lowest BCUT2D eigenvalue weighted by atomic mass is 9.81. The van der Waals surface area contributed by atoms with Gasteiger partial charge in [0.1, 0.15) is 0 Å². The summed E-state index contributed by atoms with van der Waals surface area (Å²) in [6.07, 6.45) is -8.04. The quantitative estimate of drug-likeness (QED) is 0.385. The molecule has 0 aromatic heterocycles. The van der Waals surface area contributed by atoms with Crippen LogP contribution < -0.4 is 21.3 Å². The molecule has 2 aliphatic heterocycles. The zero-order chi connectivity index (χ0) is 29.1. The van der Waals surface area contributed by atoms with Crippen molar-refractivity contribution < 1.29 is 27.6 Å². The van der Waals surface area contributed by atoms with E-state index in [4.69, 9.17) is 5.73 Å². The van der Waals surface area contributed by atoms with E-state index in [0.29, 0.717) is 34.6 Å². The van der Waals surface area contributed by atoms with Gasteiger partial charge >= 0.3 is 6.18 Å². The van der Waals surface area contributed by atoms with E-state index < -0.39 is 54.7 Å². The van der Waals surface area contributed by atoms with Gasteiger partial charge in [-0.15, -0.1) is 0 Å². The molecule has 8 nitrogen and oxygen atoms in total. The molecule has 41 heavy (non-hydrogen) atoms. The maximum absolute atomic E-state index is 13.9. The van der Waals surface area contributed by atoms with Crippen molar-refractivity contribution in [2.45, 2.75) is 31.1 Å². The second kappa shape index (κ2) is 11.4. The molecule has 5 rings (SSSR count). The molecule has 2 aliphatic rings. The van der Waals surface area contributed by atoms with Crippen molar-refractivity contribution in [3.63, 3.8) is 0 Å². The Balaban J connectivity index is 1.56. The molecule has 0 radical (unpaired) electrons. The molecule has 3 aromatic carbocycles. The number of hydrogen-bond donors (Lipinski definition) is 3. The fraction of sp³-hybridized carbons (Fsp3) is 0.267. The number of amides is 3. The fourth-order valence-electron chi connectivity index (χ4n) is 5.39. The lowest BCUT2D eigenvalue weighted by Gasteiger charge is -2.32. The number of primary amides is 1. The number of nitrogens with one attached hydrogen (secondary N) is 2. The minimum absolute atomic E-state index is 0.290. The monoisotopic (exact) mass is 563 g/mol. The number of rotatable bonds is 8. The average Bonchev–Trinajstić information content (AvgIpc) is 3.07. The molecule has 3 atom stereocenters. The topological polar surface area (TPSA) is 117 Å². The summed E-state index contributed by atoms with van der Waals surface area (Å²) in [6.45, 7) is 0.744. The molecule has 0 saturated heterocycles. The first kappa shape index (κ1) is 27.9. The average molecular weight is 564 g/mol. The van der Waals surface area contributed by atoms with Crippen molar-refractivity contribution in [1.82, 2.24) is 5.32 Å². The summed E-state index contributed by atoms with van der Waals surface area (Å²) < 4.78 is 39.9. The molecule has 0 fully saturated rings. The van der Waals surface area contributed by atoms with Crippen LogP contribution in [0.1, 0.15) is 35.4 Å². The Morgan fingerprint density at radius 2 is 1.71 bits per heavy atom. The standard InChI is InChI=1S/C30H28F3N5O3/c31-30(32,33)15-14-20(23(26(34)39)18-8-3-1-4-9-18)28(40)37-27-29(41)38-17-16-35-22-13-7-12-21(25(22)38)24(36-27)19-10-5-2-6-11-19/h1-13,20,23,27,35H,14-17H2,(H2,34,39)(H,37,40)/t20-,23+,27-/m1/s1. The van der Waals surface area contributed by atoms with Crippen molar-refractivity contribution in [2.75, 3.05) is 23.3 Å². The zero-order valence-corrected chi connectivity index (χ0v) is 21.9. The van der Waals surface area contributed by atoms with Crippen LogP contribution in [-0.4, -0.2) is 48.9 Å². The van der Waals surface area contributed by atoms with E-state index in [1.165, 1.54) is 17.0 Å². The number of carbonyl (C=O) groups is 3. The molecular weight excluding hydrogens is 535 g/mol. The number of benzene rings is 3. The number of hydrogen-bond acceptors (Lipinski definition) is 5. The fourth-order valence-corrected chi connectivity index (χ4v) is 5.39. The third kappa shape index (κ3) is 5.93. The lowest BCUT2D eigenvalue weighted by Crippen LogP contribution is -2.52. The van der Waals surface area contributed by atoms with E-state index >= 15 is 0 Å². The summed E-state index contributed by atoms with van der Waals surface area (Å²) in [4.78, 5) is 46.4. The van der Waals surface area contributed by atoms with E-state index in [9.17, 15) is 27.6 Å². The van der Waals surface area contributed by atoms with Gasteiger partial charge in [0.05, 0.1) is 28.9 Å². The summed E-state index contributed by atoms with van der Waals surface area (Å²) in [5, 5.41) is 5.86. The molecule has 2 heterocycles. The largest absolute Gasteiger partial charge is 0.389 e. The third-order valence-electron chi connectivity index (χ3n) is 7.24. The van der Waals surface area contributed by atoms with Crippen molar-refractivity contribution in [3.05, 3.63) is 95.6 Å². The number of nitrogens with two attached hydrogens (primary N) is 1. The van der Waals surface area contributed by atoms with Gasteiger partial charge in [-0.2, -0.15) is 13.2 Å². The number of halogens is 3. The maximum Gasteiger partial charge on any atom is 0.389 e. The van der Waals surface area contributed by atoms with Crippen LogP contribution in [0.5, 0.6) is 0 Å². The first-order valence-electron chi connectivity index (χ1n) is 13.2. The first-order chi connectivity index (χ1) is 19.6. The van der Waals surface area contributed by atoms with Gasteiger partial charge in [0.25, 0.3) is 5.91 Å². The van der Waals surface area contributed by atoms with E-state index in [2.05, 4.69) is 15.6 Å². The van der Waals surface area contributed by atoms with Crippen LogP contribution in [0, 0.1) is 5.92 Å². The Hall–Kier alpha value is -4.67. The first-order valence-corrected chi connectivity index (χ1v) is 13.2. The van der Waals surface area contributed by atoms with Gasteiger partial charge in [-0.25, -0.2) is 4.99 Å². The summed E-state index contributed by atoms with van der Waals surface area (Å²) in [5.74, 6) is -5.25. The predicted octanol–water partition coefficient (Wildman–Crippen LogP) is 3.97. The Morgan fingerprint density at radius 1 is 1.02 bits per heavy atom. The van der Waals surface area contributed by atoms with Crippen molar-refractivity contribution >= 4 is 34.8 Å². The van der Waals surface area contributed by atoms with Gasteiger partial charge in [0.15, 0.2) is 0 Å². The van der Waals surface area contributed by atoms with Gasteiger partial charge in [0.2, 0.25) is 18.0 Å². The number of aliphatic imine (C=N–C) groups is 1. The number of carbonyl (C=O) groups excluding carboxylic acids is 3. The highest BCUT2D eigenvalue weighted by atomic mass is 19.4. The van der Waals surface area contributed by atoms with Crippen LogP contribution in [-0.2, 0) is 14.4 Å². The summed E-state index contributed by atoms with van der Waals surface area (Å²) in [7, 11) is 0. The maximum atomic E-state index is 13.9. The van der Waals surface area contributed by atoms with Crippen LogP contribution in [0.4, 0.5) is 24.5 Å². The van der Waals surface area contributed by atoms with Crippen LogP contribution >= 0.6 is 0 Å². The molecule has 0 spiro atoms. The van der Waals surface area contributed by atoms with Crippen molar-refractivity contribution in [2.24, 2.45) is 16.6 Å². The third-order valence-corrected chi connectivity index (χ3v) is 7.24. The van der Waals surface area contributed by atoms with Crippen LogP contribution in [0.15, 0.2) is 83.9 Å². The zero-order valence-electron chi connectivity index (χ0n) is 21.9. The highest BCUT2D eigenvalue weighted by Gasteiger charge is 2.41. The summed E-state index contributed by atoms with van der Waals surface area (Å²) in [6, 6.07) is 22.5. The Morgan fingerprint density at radius 3 is 2.37 bits per heavy atom. The molecule has 3 amide bonds. The van der Waals surface area contributed by atoms with Gasteiger partial charge in [-0.3, -0.25) is 14.4 Å². The molecule has 0 bridgehead atoms. The van der Waals surface area contributed by atoms with Crippen LogP contribution in [0.2, 0.25) is 0 Å². The Bertz CT molecular complexity index is 1480. The second-order valence-electron chi connectivity index (χ2n) is 9.92. The molecule has 0 unspecified atom stereocenters. The highest BCUT2D eigenvalue weighted by Crippen LogP contribution is 2.37. The minimum atomic E-state index is -4.58. The number of nitrogens with zero attached hydrogens (tertiary/aromatic N) is 2. The smallest absolute Gasteiger partial charge is 0.382 e. The molecule has 4 N–H and O–H groups in total. The molecule has 212 valence electrons. The van der Waals surface area contributed by atoms with Crippen LogP contribution in [0.3, 0.4) is 0 Å². The van der Waals surface area contributed by atoms with E-state index in [0.717, 1.165) is 5.69 Å². The van der Waals surface area contributed by atoms with E-state index in [1.54, 1.807) is 18.2 Å². The molecule has 0 aliphatic carbocycles. The van der Waals surface area contributed by atoms with E-state index in [-0.39, 0.29) is 6.54 Å². The number of anilines is 2. The number of alkyl halides is 3. The normalized spacial score (nSPS) is 17.8. The Kier molecular flexibility index (Phi) is 7.78. The summed E-state index contributed by atoms with van der Waals surface area (Å²) in [5.41, 5.74) is 9.07.